The molecule has 0 bridgehead atoms. The summed E-state index contributed by atoms with van der Waals surface area (Å²) in [5.41, 5.74) is -0.876. The highest BCUT2D eigenvalue weighted by molar-refractivity contribution is 7.91. The van der Waals surface area contributed by atoms with Gasteiger partial charge in [0.05, 0.1) is 17.2 Å². The summed E-state index contributed by atoms with van der Waals surface area (Å²) >= 11 is 6.41. The maximum absolute atomic E-state index is 15.4. The number of halogens is 3. The lowest BCUT2D eigenvalue weighted by Crippen LogP contribution is -2.50. The number of sulfone groups is 1. The Morgan fingerprint density at radius 1 is 1.02 bits per heavy atom. The fourth-order valence-electron chi connectivity index (χ4n) is 6.30. The molecule has 0 radical (unpaired) electrons. The summed E-state index contributed by atoms with van der Waals surface area (Å²) < 4.78 is 65.4. The molecule has 44 heavy (non-hydrogen) atoms. The van der Waals surface area contributed by atoms with Gasteiger partial charge in [0.1, 0.15) is 16.6 Å². The summed E-state index contributed by atoms with van der Waals surface area (Å²) in [6.45, 7) is 3.79. The van der Waals surface area contributed by atoms with E-state index in [1.165, 1.54) is 30.3 Å². The van der Waals surface area contributed by atoms with Gasteiger partial charge in [-0.1, -0.05) is 55.8 Å². The first-order valence-corrected chi connectivity index (χ1v) is 16.1. The van der Waals surface area contributed by atoms with Crippen molar-refractivity contribution in [2.24, 2.45) is 0 Å². The predicted molar refractivity (Wildman–Crippen MR) is 167 cm³/mol. The zero-order valence-corrected chi connectivity index (χ0v) is 25.7. The molecular weight excluding hydrogens is 606 g/mol. The Morgan fingerprint density at radius 3 is 2.48 bits per heavy atom. The molecule has 6 rings (SSSR count). The van der Waals surface area contributed by atoms with Crippen molar-refractivity contribution in [3.63, 3.8) is 0 Å². The van der Waals surface area contributed by atoms with E-state index in [4.69, 9.17) is 16.3 Å². The Hall–Kier alpha value is -3.79. The molecule has 2 aromatic heterocycles. The largest absolute Gasteiger partial charge is 0.493 e. The molecule has 2 unspecified atom stereocenters. The first-order chi connectivity index (χ1) is 20.9. The van der Waals surface area contributed by atoms with E-state index < -0.39 is 38.9 Å². The second kappa shape index (κ2) is 11.3. The molecule has 0 spiro atoms. The quantitative estimate of drug-likeness (QED) is 0.173. The van der Waals surface area contributed by atoms with Crippen LogP contribution in [0.15, 0.2) is 96.0 Å². The van der Waals surface area contributed by atoms with Crippen molar-refractivity contribution in [1.29, 1.82) is 0 Å². The molecular formula is C34H31ClF2N2O4S. The Balaban J connectivity index is 1.52. The number of hydrogen-bond acceptors (Lipinski definition) is 5. The van der Waals surface area contributed by atoms with Crippen molar-refractivity contribution in [2.45, 2.75) is 54.3 Å². The SMILES string of the molecule is CC(C)(CC(O)(C(F)F)C(c1cc2cc(-c3ccccn3)ccc2[nH]1)S(=O)(=O)c1ccccc1)c1cc(Cl)cc2c1OCC2. The van der Waals surface area contributed by atoms with E-state index in [1.54, 1.807) is 50.4 Å². The zero-order chi connectivity index (χ0) is 31.3. The molecule has 1 aliphatic rings. The number of fused-ring (bicyclic) bond motifs is 2. The molecule has 0 saturated carbocycles. The van der Waals surface area contributed by atoms with E-state index in [0.717, 1.165) is 11.1 Å². The third-order valence-electron chi connectivity index (χ3n) is 8.30. The highest BCUT2D eigenvalue weighted by Gasteiger charge is 2.56. The van der Waals surface area contributed by atoms with E-state index in [-0.39, 0.29) is 10.6 Å². The number of benzene rings is 3. The number of aromatic nitrogens is 2. The van der Waals surface area contributed by atoms with Gasteiger partial charge in [0.2, 0.25) is 0 Å². The molecule has 3 heterocycles. The number of nitrogens with zero attached hydrogens (tertiary/aromatic N) is 1. The van der Waals surface area contributed by atoms with E-state index >= 15 is 8.78 Å². The van der Waals surface area contributed by atoms with Crippen LogP contribution in [0.1, 0.15) is 42.3 Å². The third-order valence-corrected chi connectivity index (χ3v) is 10.7. The molecule has 0 saturated heterocycles. The summed E-state index contributed by atoms with van der Waals surface area (Å²) in [4.78, 5) is 7.24. The number of rotatable bonds is 9. The molecule has 0 amide bonds. The van der Waals surface area contributed by atoms with E-state index in [0.29, 0.717) is 46.0 Å². The van der Waals surface area contributed by atoms with Crippen LogP contribution < -0.4 is 4.74 Å². The number of aliphatic hydroxyl groups is 1. The van der Waals surface area contributed by atoms with Gasteiger partial charge in [0.15, 0.2) is 9.84 Å². The fraction of sp³-hybridized carbons (Fsp3) is 0.265. The molecule has 3 aromatic carbocycles. The highest BCUT2D eigenvalue weighted by Crippen LogP contribution is 2.50. The number of hydrogen-bond donors (Lipinski definition) is 2. The lowest BCUT2D eigenvalue weighted by atomic mass is 9.73. The summed E-state index contributed by atoms with van der Waals surface area (Å²) in [7, 11) is -4.57. The minimum atomic E-state index is -4.57. The van der Waals surface area contributed by atoms with Crippen LogP contribution in [0.25, 0.3) is 22.2 Å². The van der Waals surface area contributed by atoms with Crippen LogP contribution in [0.4, 0.5) is 8.78 Å². The summed E-state index contributed by atoms with van der Waals surface area (Å²) in [6.07, 6.45) is -1.78. The molecule has 6 nitrogen and oxygen atoms in total. The molecule has 5 aromatic rings. The van der Waals surface area contributed by atoms with Gasteiger partial charge in [-0.3, -0.25) is 4.98 Å². The van der Waals surface area contributed by atoms with Gasteiger partial charge in [0.25, 0.3) is 6.43 Å². The first kappa shape index (κ1) is 30.2. The number of H-pyrrole nitrogens is 1. The summed E-state index contributed by atoms with van der Waals surface area (Å²) in [5.74, 6) is 0.533. The van der Waals surface area contributed by atoms with Crippen molar-refractivity contribution < 1.29 is 27.0 Å². The van der Waals surface area contributed by atoms with Crippen LogP contribution in [0.5, 0.6) is 5.75 Å². The standard InChI is InChI=1S/C34H31ClF2N2O4S/c1-33(2,26-19-24(35)17-22-13-15-43-30(22)26)20-34(40,32(36)37)31(44(41,42)25-8-4-3-5-9-25)29-18-23-16-21(11-12-28(23)39-29)27-10-6-7-14-38-27/h3-12,14,16-19,31-32,39-40H,13,15,20H2,1-2H3. The fourth-order valence-corrected chi connectivity index (χ4v) is 8.53. The van der Waals surface area contributed by atoms with Crippen molar-refractivity contribution in [2.75, 3.05) is 6.61 Å². The maximum atomic E-state index is 15.4. The van der Waals surface area contributed by atoms with E-state index in [1.807, 2.05) is 24.3 Å². The van der Waals surface area contributed by atoms with E-state index in [2.05, 4.69) is 9.97 Å². The van der Waals surface area contributed by atoms with Gasteiger partial charge in [-0.15, -0.1) is 0 Å². The molecule has 0 aliphatic carbocycles. The van der Waals surface area contributed by atoms with Crippen LogP contribution >= 0.6 is 11.6 Å². The van der Waals surface area contributed by atoms with Gasteiger partial charge >= 0.3 is 0 Å². The van der Waals surface area contributed by atoms with Gasteiger partial charge in [0, 0.05) is 45.4 Å². The van der Waals surface area contributed by atoms with Crippen LogP contribution in [-0.2, 0) is 21.7 Å². The second-order valence-electron chi connectivity index (χ2n) is 11.9. The first-order valence-electron chi connectivity index (χ1n) is 14.2. The monoisotopic (exact) mass is 636 g/mol. The lowest BCUT2D eigenvalue weighted by molar-refractivity contribution is -0.114. The normalized spacial score (nSPS) is 15.6. The number of alkyl halides is 2. The van der Waals surface area contributed by atoms with Gasteiger partial charge < -0.3 is 14.8 Å². The smallest absolute Gasteiger partial charge is 0.268 e. The highest BCUT2D eigenvalue weighted by atomic mass is 35.5. The van der Waals surface area contributed by atoms with Gasteiger partial charge in [-0.2, -0.15) is 0 Å². The average molecular weight is 637 g/mol. The Kier molecular flexibility index (Phi) is 7.76. The van der Waals surface area contributed by atoms with Crippen LogP contribution in [0.3, 0.4) is 0 Å². The number of pyridine rings is 1. The number of aromatic amines is 1. The Bertz CT molecular complexity index is 1930. The van der Waals surface area contributed by atoms with Crippen molar-refractivity contribution in [3.8, 4) is 17.0 Å². The minimum absolute atomic E-state index is 0.0480. The Labute approximate surface area is 259 Å². The Morgan fingerprint density at radius 2 is 1.77 bits per heavy atom. The van der Waals surface area contributed by atoms with Gasteiger partial charge in [-0.25, -0.2) is 17.2 Å². The third kappa shape index (κ3) is 5.38. The van der Waals surface area contributed by atoms with Crippen molar-refractivity contribution in [1.82, 2.24) is 9.97 Å². The van der Waals surface area contributed by atoms with Crippen molar-refractivity contribution in [3.05, 3.63) is 113 Å². The number of ether oxygens (including phenoxy) is 1. The molecule has 2 N–H and O–H groups in total. The summed E-state index contributed by atoms with van der Waals surface area (Å²) in [5, 5.41) is 11.1. The molecule has 1 aliphatic heterocycles. The average Bonchev–Trinajstić information content (AvgIpc) is 3.63. The molecule has 228 valence electrons. The van der Waals surface area contributed by atoms with Crippen LogP contribution in [0.2, 0.25) is 5.02 Å². The van der Waals surface area contributed by atoms with Crippen LogP contribution in [-0.4, -0.2) is 42.1 Å². The maximum Gasteiger partial charge on any atom is 0.268 e. The zero-order valence-electron chi connectivity index (χ0n) is 24.1. The second-order valence-corrected chi connectivity index (χ2v) is 14.3. The lowest BCUT2D eigenvalue weighted by Gasteiger charge is -2.41. The van der Waals surface area contributed by atoms with Crippen molar-refractivity contribution >= 4 is 32.3 Å². The molecule has 10 heteroatoms. The van der Waals surface area contributed by atoms with E-state index in [9.17, 15) is 13.5 Å². The summed E-state index contributed by atoms with van der Waals surface area (Å²) in [6, 6.07) is 23.2. The molecule has 2 atom stereocenters. The molecule has 0 fully saturated rings. The predicted octanol–water partition coefficient (Wildman–Crippen LogP) is 7.70. The number of nitrogens with one attached hydrogen (secondary N) is 1. The van der Waals surface area contributed by atoms with Gasteiger partial charge in [-0.05, 0) is 72.0 Å². The minimum Gasteiger partial charge on any atom is -0.493 e. The topological polar surface area (TPSA) is 92.3 Å². The van der Waals surface area contributed by atoms with Crippen LogP contribution in [0, 0.1) is 0 Å².